The summed E-state index contributed by atoms with van der Waals surface area (Å²) in [6.07, 6.45) is 1.77. The molecule has 7 heteroatoms. The zero-order valence-electron chi connectivity index (χ0n) is 15.2. The van der Waals surface area contributed by atoms with Crippen LogP contribution in [0.25, 0.3) is 11.1 Å². The number of esters is 1. The van der Waals surface area contributed by atoms with Crippen molar-refractivity contribution >= 4 is 30.1 Å². The second kappa shape index (κ2) is 11.0. The van der Waals surface area contributed by atoms with Crippen molar-refractivity contribution in [2.45, 2.75) is 19.3 Å². The second-order valence-corrected chi connectivity index (χ2v) is 5.86. The number of nitrogen functional groups attached to an aromatic ring is 1. The van der Waals surface area contributed by atoms with E-state index < -0.39 is 0 Å². The van der Waals surface area contributed by atoms with Gasteiger partial charge in [-0.2, -0.15) is 0 Å². The maximum absolute atomic E-state index is 12.1. The van der Waals surface area contributed by atoms with Crippen molar-refractivity contribution in [3.8, 4) is 11.1 Å². The predicted molar refractivity (Wildman–Crippen MR) is 108 cm³/mol. The summed E-state index contributed by atoms with van der Waals surface area (Å²) in [4.78, 5) is 23.1. The number of benzene rings is 2. The van der Waals surface area contributed by atoms with Crippen LogP contribution in [0.15, 0.2) is 48.5 Å². The Morgan fingerprint density at radius 3 is 1.96 bits per heavy atom. The van der Waals surface area contributed by atoms with E-state index in [1.807, 2.05) is 24.3 Å². The third kappa shape index (κ3) is 6.75. The molecule has 0 fully saturated rings. The van der Waals surface area contributed by atoms with E-state index >= 15 is 0 Å². The molecule has 2 rings (SSSR count). The molecule has 0 saturated carbocycles. The Morgan fingerprint density at radius 1 is 0.963 bits per heavy atom. The second-order valence-electron chi connectivity index (χ2n) is 5.86. The first kappa shape index (κ1) is 22.2. The number of halogens is 1. The fraction of sp³-hybridized carbons (Fsp3) is 0.250. The third-order valence-electron chi connectivity index (χ3n) is 4.00. The molecule has 0 aliphatic carbocycles. The summed E-state index contributed by atoms with van der Waals surface area (Å²) in [6, 6.07) is 14.7. The van der Waals surface area contributed by atoms with Crippen LogP contribution in [0.2, 0.25) is 0 Å². The summed E-state index contributed by atoms with van der Waals surface area (Å²) in [5.74, 6) is -0.333. The number of nitrogens with two attached hydrogens (primary N) is 1. The van der Waals surface area contributed by atoms with E-state index in [9.17, 15) is 9.59 Å². The van der Waals surface area contributed by atoms with E-state index in [1.165, 1.54) is 7.11 Å². The first-order chi connectivity index (χ1) is 12.5. The van der Waals surface area contributed by atoms with Gasteiger partial charge in [0.1, 0.15) is 5.84 Å². The van der Waals surface area contributed by atoms with Crippen molar-refractivity contribution in [3.63, 3.8) is 0 Å². The SMILES string of the molecule is COC(=O)CCCCNC(=O)c1ccc(-c2ccc(C(=N)N)cc2)cc1.Cl. The number of rotatable bonds is 8. The standard InChI is InChI=1S/C20H23N3O3.ClH/c1-26-18(24)4-2-3-13-23-20(25)17-11-7-15(8-12-17)14-5-9-16(10-6-14)19(21)22;/h5-12H,2-4,13H2,1H3,(H3,21,22)(H,23,25);1H. The topological polar surface area (TPSA) is 105 Å². The van der Waals surface area contributed by atoms with Gasteiger partial charge < -0.3 is 15.8 Å². The van der Waals surface area contributed by atoms with Gasteiger partial charge in [0.2, 0.25) is 0 Å². The lowest BCUT2D eigenvalue weighted by atomic mass is 10.0. The summed E-state index contributed by atoms with van der Waals surface area (Å²) in [7, 11) is 1.37. The van der Waals surface area contributed by atoms with E-state index in [2.05, 4.69) is 10.1 Å². The summed E-state index contributed by atoms with van der Waals surface area (Å²) in [6.45, 7) is 0.518. The molecule has 27 heavy (non-hydrogen) atoms. The Kier molecular flexibility index (Phi) is 9.02. The zero-order chi connectivity index (χ0) is 18.9. The monoisotopic (exact) mass is 389 g/mol. The Labute approximate surface area is 165 Å². The average molecular weight is 390 g/mol. The molecule has 0 unspecified atom stereocenters. The van der Waals surface area contributed by atoms with Gasteiger partial charge in [0, 0.05) is 24.1 Å². The van der Waals surface area contributed by atoms with E-state index in [0.717, 1.165) is 17.5 Å². The summed E-state index contributed by atoms with van der Waals surface area (Å²) in [5, 5.41) is 10.3. The highest BCUT2D eigenvalue weighted by Crippen LogP contribution is 2.20. The summed E-state index contributed by atoms with van der Waals surface area (Å²) >= 11 is 0. The number of hydrogen-bond donors (Lipinski definition) is 3. The normalized spacial score (nSPS) is 9.81. The molecule has 6 nitrogen and oxygen atoms in total. The van der Waals surface area contributed by atoms with Gasteiger partial charge in [0.15, 0.2) is 0 Å². The Balaban J connectivity index is 0.00000364. The molecule has 0 bridgehead atoms. The molecule has 0 aromatic heterocycles. The first-order valence-electron chi connectivity index (χ1n) is 8.41. The van der Waals surface area contributed by atoms with Crippen molar-refractivity contribution in [1.82, 2.24) is 5.32 Å². The molecule has 1 amide bonds. The highest BCUT2D eigenvalue weighted by molar-refractivity contribution is 5.96. The molecule has 4 N–H and O–H groups in total. The van der Waals surface area contributed by atoms with Crippen LogP contribution in [0.4, 0.5) is 0 Å². The minimum absolute atomic E-state index is 0. The minimum Gasteiger partial charge on any atom is -0.469 e. The molecule has 0 heterocycles. The van der Waals surface area contributed by atoms with E-state index in [-0.39, 0.29) is 30.1 Å². The largest absolute Gasteiger partial charge is 0.469 e. The van der Waals surface area contributed by atoms with Gasteiger partial charge in [-0.25, -0.2) is 0 Å². The lowest BCUT2D eigenvalue weighted by Gasteiger charge is -2.07. The van der Waals surface area contributed by atoms with Gasteiger partial charge in [-0.3, -0.25) is 15.0 Å². The number of methoxy groups -OCH3 is 1. The third-order valence-corrected chi connectivity index (χ3v) is 4.00. The van der Waals surface area contributed by atoms with Crippen molar-refractivity contribution in [3.05, 3.63) is 59.7 Å². The number of amides is 1. The zero-order valence-corrected chi connectivity index (χ0v) is 16.0. The van der Waals surface area contributed by atoms with Gasteiger partial charge in [-0.1, -0.05) is 36.4 Å². The number of carbonyl (C=O) groups is 2. The van der Waals surface area contributed by atoms with E-state index in [0.29, 0.717) is 30.5 Å². The van der Waals surface area contributed by atoms with Crippen molar-refractivity contribution in [1.29, 1.82) is 5.41 Å². The van der Waals surface area contributed by atoms with Crippen LogP contribution >= 0.6 is 12.4 Å². The lowest BCUT2D eigenvalue weighted by molar-refractivity contribution is -0.140. The molecule has 0 aliphatic heterocycles. The highest BCUT2D eigenvalue weighted by Gasteiger charge is 2.06. The molecular weight excluding hydrogens is 366 g/mol. The molecule has 0 spiro atoms. The Bertz CT molecular complexity index is 774. The number of hydrogen-bond acceptors (Lipinski definition) is 4. The number of nitrogens with one attached hydrogen (secondary N) is 2. The van der Waals surface area contributed by atoms with Crippen molar-refractivity contribution in [2.24, 2.45) is 5.73 Å². The quantitative estimate of drug-likeness (QED) is 0.279. The van der Waals surface area contributed by atoms with Crippen LogP contribution in [-0.2, 0) is 9.53 Å². The molecule has 0 aliphatic rings. The number of unbranched alkanes of at least 4 members (excludes halogenated alkanes) is 1. The fourth-order valence-corrected chi connectivity index (χ4v) is 2.46. The fourth-order valence-electron chi connectivity index (χ4n) is 2.46. The van der Waals surface area contributed by atoms with Gasteiger partial charge in [0.05, 0.1) is 7.11 Å². The van der Waals surface area contributed by atoms with Crippen molar-refractivity contribution < 1.29 is 14.3 Å². The smallest absolute Gasteiger partial charge is 0.305 e. The first-order valence-corrected chi connectivity index (χ1v) is 8.41. The van der Waals surface area contributed by atoms with E-state index in [1.54, 1.807) is 24.3 Å². The van der Waals surface area contributed by atoms with Gasteiger partial charge >= 0.3 is 5.97 Å². The summed E-state index contributed by atoms with van der Waals surface area (Å²) < 4.78 is 4.57. The molecule has 0 atom stereocenters. The average Bonchev–Trinajstić information content (AvgIpc) is 2.67. The van der Waals surface area contributed by atoms with E-state index in [4.69, 9.17) is 11.1 Å². The molecule has 2 aromatic rings. The maximum Gasteiger partial charge on any atom is 0.305 e. The molecule has 2 aromatic carbocycles. The van der Waals surface area contributed by atoms with Crippen LogP contribution in [0, 0.1) is 5.41 Å². The van der Waals surface area contributed by atoms with Gasteiger partial charge in [0.25, 0.3) is 5.91 Å². The number of ether oxygens (including phenoxy) is 1. The predicted octanol–water partition coefficient (Wildman–Crippen LogP) is 3.13. The van der Waals surface area contributed by atoms with Gasteiger partial charge in [-0.05, 0) is 36.1 Å². The van der Waals surface area contributed by atoms with Crippen LogP contribution in [0.1, 0.15) is 35.2 Å². The van der Waals surface area contributed by atoms with Crippen LogP contribution in [-0.4, -0.2) is 31.4 Å². The van der Waals surface area contributed by atoms with Crippen LogP contribution < -0.4 is 11.1 Å². The molecular formula is C20H24ClN3O3. The van der Waals surface area contributed by atoms with Gasteiger partial charge in [-0.15, -0.1) is 12.4 Å². The maximum atomic E-state index is 12.1. The Morgan fingerprint density at radius 2 is 1.48 bits per heavy atom. The number of amidine groups is 1. The van der Waals surface area contributed by atoms with Crippen molar-refractivity contribution in [2.75, 3.05) is 13.7 Å². The number of carbonyl (C=O) groups excluding carboxylic acids is 2. The highest BCUT2D eigenvalue weighted by atomic mass is 35.5. The summed E-state index contributed by atoms with van der Waals surface area (Å²) in [5.41, 5.74) is 8.69. The lowest BCUT2D eigenvalue weighted by Crippen LogP contribution is -2.24. The van der Waals surface area contributed by atoms with Crippen LogP contribution in [0.3, 0.4) is 0 Å². The minimum atomic E-state index is -0.233. The molecule has 0 radical (unpaired) electrons. The van der Waals surface area contributed by atoms with Crippen LogP contribution in [0.5, 0.6) is 0 Å². The molecule has 144 valence electrons. The molecule has 0 saturated heterocycles. The Hall–Kier alpha value is -2.86.